The molecule has 0 bridgehead atoms. The lowest BCUT2D eigenvalue weighted by molar-refractivity contribution is 0.354. The lowest BCUT2D eigenvalue weighted by atomic mass is 9.92. The summed E-state index contributed by atoms with van der Waals surface area (Å²) in [7, 11) is 0. The van der Waals surface area contributed by atoms with Crippen molar-refractivity contribution in [1.82, 2.24) is 4.57 Å². The van der Waals surface area contributed by atoms with E-state index in [2.05, 4.69) is 86.0 Å². The van der Waals surface area contributed by atoms with Gasteiger partial charge in [-0.2, -0.15) is 0 Å². The van der Waals surface area contributed by atoms with E-state index in [9.17, 15) is 0 Å². The zero-order valence-corrected chi connectivity index (χ0v) is 13.1. The Balaban J connectivity index is 2.10. The summed E-state index contributed by atoms with van der Waals surface area (Å²) in [6, 6.07) is 21.7. The quantitative estimate of drug-likeness (QED) is 0.575. The van der Waals surface area contributed by atoms with Gasteiger partial charge in [0.15, 0.2) is 0 Å². The van der Waals surface area contributed by atoms with E-state index in [1.54, 1.807) is 0 Å². The minimum absolute atomic E-state index is 0.347. The van der Waals surface area contributed by atoms with Crippen molar-refractivity contribution < 1.29 is 0 Å². The van der Waals surface area contributed by atoms with Crippen molar-refractivity contribution in [3.05, 3.63) is 60.7 Å². The van der Waals surface area contributed by atoms with Gasteiger partial charge in [0.05, 0.1) is 0 Å². The van der Waals surface area contributed by atoms with Crippen LogP contribution in [0, 0.1) is 5.41 Å². The molecule has 0 unspecified atom stereocenters. The van der Waals surface area contributed by atoms with Crippen LogP contribution in [-0.4, -0.2) is 4.57 Å². The predicted molar refractivity (Wildman–Crippen MR) is 91.4 cm³/mol. The van der Waals surface area contributed by atoms with Crippen molar-refractivity contribution in [1.29, 1.82) is 0 Å². The van der Waals surface area contributed by atoms with Gasteiger partial charge in [-0.1, -0.05) is 69.3 Å². The lowest BCUT2D eigenvalue weighted by Crippen LogP contribution is -2.11. The van der Waals surface area contributed by atoms with Gasteiger partial charge in [-0.3, -0.25) is 0 Å². The summed E-state index contributed by atoms with van der Waals surface area (Å²) in [6.07, 6.45) is 1.17. The summed E-state index contributed by atoms with van der Waals surface area (Å²) < 4.78 is 2.47. The smallest absolute Gasteiger partial charge is 0.0491 e. The van der Waals surface area contributed by atoms with Crippen LogP contribution in [0.15, 0.2) is 60.7 Å². The Morgan fingerprint density at radius 3 is 2.24 bits per heavy atom. The Labute approximate surface area is 127 Å². The van der Waals surface area contributed by atoms with Gasteiger partial charge in [0, 0.05) is 23.1 Å². The largest absolute Gasteiger partial charge is 0.340 e. The second kappa shape index (κ2) is 5.40. The van der Waals surface area contributed by atoms with Crippen LogP contribution in [0.3, 0.4) is 0 Å². The topological polar surface area (TPSA) is 4.93 Å². The molecular weight excluding hydrogens is 254 g/mol. The van der Waals surface area contributed by atoms with Gasteiger partial charge in [0.1, 0.15) is 0 Å². The summed E-state index contributed by atoms with van der Waals surface area (Å²) in [5, 5.41) is 1.32. The molecule has 0 aliphatic heterocycles. The van der Waals surface area contributed by atoms with Crippen LogP contribution in [0.5, 0.6) is 0 Å². The van der Waals surface area contributed by atoms with Gasteiger partial charge in [0.25, 0.3) is 0 Å². The maximum Gasteiger partial charge on any atom is 0.0491 e. The molecule has 1 aromatic heterocycles. The van der Waals surface area contributed by atoms with Crippen LogP contribution in [0.25, 0.3) is 22.2 Å². The fourth-order valence-corrected chi connectivity index (χ4v) is 2.75. The van der Waals surface area contributed by atoms with Gasteiger partial charge < -0.3 is 4.57 Å². The van der Waals surface area contributed by atoms with E-state index in [0.29, 0.717) is 5.41 Å². The average Bonchev–Trinajstić information content (AvgIpc) is 2.84. The molecular formula is C20H23N. The monoisotopic (exact) mass is 277 g/mol. The van der Waals surface area contributed by atoms with Crippen LogP contribution in [0.2, 0.25) is 0 Å². The fourth-order valence-electron chi connectivity index (χ4n) is 2.75. The molecule has 1 heteroatoms. The van der Waals surface area contributed by atoms with E-state index in [0.717, 1.165) is 6.54 Å². The second-order valence-corrected chi connectivity index (χ2v) is 6.92. The van der Waals surface area contributed by atoms with Crippen molar-refractivity contribution in [2.75, 3.05) is 0 Å². The molecule has 0 saturated heterocycles. The second-order valence-electron chi connectivity index (χ2n) is 6.92. The van der Waals surface area contributed by atoms with Gasteiger partial charge in [0.2, 0.25) is 0 Å². The van der Waals surface area contributed by atoms with Crippen molar-refractivity contribution in [2.24, 2.45) is 5.41 Å². The molecule has 0 aliphatic rings. The van der Waals surface area contributed by atoms with Gasteiger partial charge >= 0.3 is 0 Å². The summed E-state index contributed by atoms with van der Waals surface area (Å²) in [5.41, 5.74) is 4.29. The van der Waals surface area contributed by atoms with E-state index in [-0.39, 0.29) is 0 Å². The first-order chi connectivity index (χ1) is 10.0. The zero-order chi connectivity index (χ0) is 14.9. The van der Waals surface area contributed by atoms with E-state index in [1.165, 1.54) is 28.6 Å². The zero-order valence-electron chi connectivity index (χ0n) is 13.1. The molecule has 0 saturated carbocycles. The maximum atomic E-state index is 2.47. The first-order valence-electron chi connectivity index (χ1n) is 7.68. The Morgan fingerprint density at radius 2 is 1.52 bits per heavy atom. The Bertz CT molecular complexity index is 729. The molecule has 0 N–H and O–H groups in total. The first kappa shape index (κ1) is 13.9. The number of rotatable bonds is 3. The highest BCUT2D eigenvalue weighted by molar-refractivity contribution is 5.87. The number of benzene rings is 2. The molecule has 0 atom stereocenters. The Morgan fingerprint density at radius 1 is 0.857 bits per heavy atom. The van der Waals surface area contributed by atoms with Gasteiger partial charge in [-0.15, -0.1) is 0 Å². The molecule has 21 heavy (non-hydrogen) atoms. The van der Waals surface area contributed by atoms with Crippen LogP contribution in [-0.2, 0) is 6.54 Å². The fraction of sp³-hybridized carbons (Fsp3) is 0.300. The van der Waals surface area contributed by atoms with E-state index in [1.807, 2.05) is 0 Å². The highest BCUT2D eigenvalue weighted by Crippen LogP contribution is 2.30. The number of hydrogen-bond donors (Lipinski definition) is 0. The average molecular weight is 277 g/mol. The number of nitrogens with zero attached hydrogens (tertiary/aromatic N) is 1. The first-order valence-corrected chi connectivity index (χ1v) is 7.68. The molecule has 0 radical (unpaired) electrons. The molecule has 2 aromatic carbocycles. The molecule has 108 valence electrons. The summed E-state index contributed by atoms with van der Waals surface area (Å²) in [5.74, 6) is 0. The van der Waals surface area contributed by atoms with E-state index in [4.69, 9.17) is 0 Å². The summed E-state index contributed by atoms with van der Waals surface area (Å²) >= 11 is 0. The molecule has 0 amide bonds. The van der Waals surface area contributed by atoms with Crippen molar-refractivity contribution in [2.45, 2.75) is 33.7 Å². The lowest BCUT2D eigenvalue weighted by Gasteiger charge is -2.20. The predicted octanol–water partition coefficient (Wildman–Crippen LogP) is 5.74. The summed E-state index contributed by atoms with van der Waals surface area (Å²) in [6.45, 7) is 7.98. The van der Waals surface area contributed by atoms with Crippen molar-refractivity contribution in [3.63, 3.8) is 0 Å². The molecule has 3 rings (SSSR count). The van der Waals surface area contributed by atoms with Crippen LogP contribution in [0.4, 0.5) is 0 Å². The molecule has 0 aliphatic carbocycles. The number of aromatic nitrogens is 1. The van der Waals surface area contributed by atoms with Crippen LogP contribution < -0.4 is 0 Å². The molecule has 1 heterocycles. The Hall–Kier alpha value is -2.02. The maximum absolute atomic E-state index is 2.47. The molecule has 0 spiro atoms. The summed E-state index contributed by atoms with van der Waals surface area (Å²) in [4.78, 5) is 0. The third-order valence-electron chi connectivity index (χ3n) is 3.97. The van der Waals surface area contributed by atoms with Gasteiger partial charge in [-0.25, -0.2) is 0 Å². The minimum atomic E-state index is 0.347. The number of aryl methyl sites for hydroxylation is 1. The molecule has 1 nitrogen and oxygen atoms in total. The van der Waals surface area contributed by atoms with Crippen LogP contribution >= 0.6 is 0 Å². The highest BCUT2D eigenvalue weighted by atomic mass is 15.0. The SMILES string of the molecule is CC(C)(C)CCn1c(-c2ccccc2)cc2ccccc21. The number of para-hydroxylation sites is 1. The van der Waals surface area contributed by atoms with Crippen LogP contribution in [0.1, 0.15) is 27.2 Å². The molecule has 3 aromatic rings. The minimum Gasteiger partial charge on any atom is -0.340 e. The van der Waals surface area contributed by atoms with E-state index >= 15 is 0 Å². The third-order valence-corrected chi connectivity index (χ3v) is 3.97. The normalized spacial score (nSPS) is 12.0. The number of fused-ring (bicyclic) bond motifs is 1. The van der Waals surface area contributed by atoms with Crippen molar-refractivity contribution >= 4 is 10.9 Å². The van der Waals surface area contributed by atoms with E-state index < -0.39 is 0 Å². The van der Waals surface area contributed by atoms with Crippen molar-refractivity contribution in [3.8, 4) is 11.3 Å². The standard InChI is InChI=1S/C20H23N/c1-20(2,3)13-14-21-18-12-8-7-11-17(18)15-19(21)16-9-5-4-6-10-16/h4-12,15H,13-14H2,1-3H3. The highest BCUT2D eigenvalue weighted by Gasteiger charge is 2.14. The third kappa shape index (κ3) is 3.02. The molecule has 0 fully saturated rings. The number of hydrogen-bond acceptors (Lipinski definition) is 0. The Kier molecular flexibility index (Phi) is 3.59. The van der Waals surface area contributed by atoms with Gasteiger partial charge in [-0.05, 0) is 29.5 Å².